The smallest absolute Gasteiger partial charge is 0.293 e. The number of nitro benzene ring substituents is 1. The van der Waals surface area contributed by atoms with Crippen molar-refractivity contribution in [2.24, 2.45) is 0 Å². The second-order valence-electron chi connectivity index (χ2n) is 4.94. The molecule has 1 aromatic carbocycles. The molecule has 0 radical (unpaired) electrons. The second kappa shape index (κ2) is 7.36. The van der Waals surface area contributed by atoms with Crippen molar-refractivity contribution in [1.29, 1.82) is 0 Å². The molecule has 2 N–H and O–H groups in total. The molecule has 2 aromatic rings. The molecule has 2 rings (SSSR count). The van der Waals surface area contributed by atoms with E-state index in [1.165, 1.54) is 6.07 Å². The molecular weight excluding hydrogens is 364 g/mol. The SMILES string of the molecule is CCc1n[nH]c(=O)c(CNc2ccc(Br)cc2[N+](=O)[O-])c1CC. The quantitative estimate of drug-likeness (QED) is 0.591. The number of rotatable bonds is 6. The summed E-state index contributed by atoms with van der Waals surface area (Å²) < 4.78 is 0.624. The first-order chi connectivity index (χ1) is 11.0. The van der Waals surface area contributed by atoms with Gasteiger partial charge in [-0.2, -0.15) is 5.10 Å². The minimum Gasteiger partial charge on any atom is -0.375 e. The second-order valence-corrected chi connectivity index (χ2v) is 5.85. The summed E-state index contributed by atoms with van der Waals surface area (Å²) >= 11 is 3.22. The summed E-state index contributed by atoms with van der Waals surface area (Å²) in [5.41, 5.74) is 2.36. The zero-order valence-electron chi connectivity index (χ0n) is 12.9. The van der Waals surface area contributed by atoms with Gasteiger partial charge in [-0.1, -0.05) is 29.8 Å². The van der Waals surface area contributed by atoms with E-state index in [0.29, 0.717) is 28.6 Å². The van der Waals surface area contributed by atoms with Crippen molar-refractivity contribution in [3.63, 3.8) is 0 Å². The van der Waals surface area contributed by atoms with Crippen LogP contribution in [0, 0.1) is 10.1 Å². The molecule has 0 aliphatic carbocycles. The van der Waals surface area contributed by atoms with Crippen LogP contribution < -0.4 is 10.9 Å². The van der Waals surface area contributed by atoms with Crippen molar-refractivity contribution in [3.05, 3.63) is 60.0 Å². The molecule has 0 bridgehead atoms. The van der Waals surface area contributed by atoms with Crippen molar-refractivity contribution >= 4 is 27.3 Å². The fraction of sp³-hybridized carbons (Fsp3) is 0.333. The van der Waals surface area contributed by atoms with Crippen LogP contribution in [0.25, 0.3) is 0 Å². The van der Waals surface area contributed by atoms with Gasteiger partial charge in [-0.05, 0) is 30.5 Å². The highest BCUT2D eigenvalue weighted by molar-refractivity contribution is 9.10. The van der Waals surface area contributed by atoms with Gasteiger partial charge < -0.3 is 5.32 Å². The molecule has 0 fully saturated rings. The third-order valence-corrected chi connectivity index (χ3v) is 4.07. The normalized spacial score (nSPS) is 10.6. The molecule has 0 aliphatic heterocycles. The molecule has 23 heavy (non-hydrogen) atoms. The number of aryl methyl sites for hydroxylation is 1. The number of aromatic nitrogens is 2. The molecule has 8 heteroatoms. The van der Waals surface area contributed by atoms with Crippen molar-refractivity contribution in [3.8, 4) is 0 Å². The van der Waals surface area contributed by atoms with Gasteiger partial charge in [-0.15, -0.1) is 0 Å². The van der Waals surface area contributed by atoms with E-state index in [4.69, 9.17) is 0 Å². The van der Waals surface area contributed by atoms with Gasteiger partial charge in [0, 0.05) is 22.6 Å². The molecule has 0 aliphatic rings. The lowest BCUT2D eigenvalue weighted by molar-refractivity contribution is -0.384. The molecule has 0 saturated heterocycles. The van der Waals surface area contributed by atoms with Gasteiger partial charge in [-0.3, -0.25) is 14.9 Å². The first-order valence-electron chi connectivity index (χ1n) is 7.25. The topological polar surface area (TPSA) is 101 Å². The standard InChI is InChI=1S/C15H17BrN4O3/c1-3-10-11(15(21)19-18-12(10)4-2)8-17-13-6-5-9(16)7-14(13)20(22)23/h5-7,17H,3-4,8H2,1-2H3,(H,19,21). The Bertz CT molecular complexity index is 789. The van der Waals surface area contributed by atoms with Gasteiger partial charge in [0.15, 0.2) is 0 Å². The Labute approximate surface area is 141 Å². The van der Waals surface area contributed by atoms with Crippen LogP contribution in [0.4, 0.5) is 11.4 Å². The van der Waals surface area contributed by atoms with E-state index < -0.39 is 4.92 Å². The van der Waals surface area contributed by atoms with Crippen LogP contribution in [0.15, 0.2) is 27.5 Å². The molecule has 1 heterocycles. The Morgan fingerprint density at radius 3 is 2.65 bits per heavy atom. The lowest BCUT2D eigenvalue weighted by Gasteiger charge is -2.12. The number of nitrogens with one attached hydrogen (secondary N) is 2. The highest BCUT2D eigenvalue weighted by Crippen LogP contribution is 2.28. The maximum absolute atomic E-state index is 12.1. The molecular formula is C15H17BrN4O3. The van der Waals surface area contributed by atoms with Gasteiger partial charge in [-0.25, -0.2) is 5.10 Å². The summed E-state index contributed by atoms with van der Waals surface area (Å²) in [4.78, 5) is 22.7. The van der Waals surface area contributed by atoms with E-state index in [0.717, 1.165) is 11.3 Å². The number of nitrogens with zero attached hydrogens (tertiary/aromatic N) is 2. The highest BCUT2D eigenvalue weighted by Gasteiger charge is 2.16. The van der Waals surface area contributed by atoms with E-state index in [1.54, 1.807) is 12.1 Å². The van der Waals surface area contributed by atoms with Crippen molar-refractivity contribution < 1.29 is 4.92 Å². The van der Waals surface area contributed by atoms with E-state index in [2.05, 4.69) is 31.4 Å². The van der Waals surface area contributed by atoms with Crippen LogP contribution in [0.5, 0.6) is 0 Å². The third-order valence-electron chi connectivity index (χ3n) is 3.58. The average molecular weight is 381 g/mol. The van der Waals surface area contributed by atoms with Crippen LogP contribution in [0.2, 0.25) is 0 Å². The van der Waals surface area contributed by atoms with Crippen molar-refractivity contribution in [1.82, 2.24) is 10.2 Å². The number of halogens is 1. The van der Waals surface area contributed by atoms with Gasteiger partial charge >= 0.3 is 0 Å². The number of benzene rings is 1. The maximum atomic E-state index is 12.1. The molecule has 0 spiro atoms. The Kier molecular flexibility index (Phi) is 5.49. The molecule has 0 saturated carbocycles. The Morgan fingerprint density at radius 2 is 2.04 bits per heavy atom. The van der Waals surface area contributed by atoms with Gasteiger partial charge in [0.1, 0.15) is 5.69 Å². The number of aromatic amines is 1. The lowest BCUT2D eigenvalue weighted by atomic mass is 10.0. The summed E-state index contributed by atoms with van der Waals surface area (Å²) in [7, 11) is 0. The van der Waals surface area contributed by atoms with Gasteiger partial charge in [0.25, 0.3) is 11.2 Å². The summed E-state index contributed by atoms with van der Waals surface area (Å²) in [6.45, 7) is 4.13. The molecule has 0 unspecified atom stereocenters. The Morgan fingerprint density at radius 1 is 1.30 bits per heavy atom. The van der Waals surface area contributed by atoms with Crippen molar-refractivity contribution in [2.75, 3.05) is 5.32 Å². The number of anilines is 1. The summed E-state index contributed by atoms with van der Waals surface area (Å²) in [5, 5.41) is 20.7. The number of hydrogen-bond donors (Lipinski definition) is 2. The fourth-order valence-corrected chi connectivity index (χ4v) is 2.80. The van der Waals surface area contributed by atoms with E-state index in [9.17, 15) is 14.9 Å². The monoisotopic (exact) mass is 380 g/mol. The van der Waals surface area contributed by atoms with Crippen LogP contribution in [-0.4, -0.2) is 15.1 Å². The van der Waals surface area contributed by atoms with E-state index in [1.807, 2.05) is 13.8 Å². The van der Waals surface area contributed by atoms with Crippen molar-refractivity contribution in [2.45, 2.75) is 33.2 Å². The summed E-state index contributed by atoms with van der Waals surface area (Å²) in [6.07, 6.45) is 1.39. The number of nitro groups is 1. The first kappa shape index (κ1) is 17.1. The largest absolute Gasteiger partial charge is 0.375 e. The minimum absolute atomic E-state index is 0.0429. The summed E-state index contributed by atoms with van der Waals surface area (Å²) in [5.74, 6) is 0. The van der Waals surface area contributed by atoms with E-state index >= 15 is 0 Å². The minimum atomic E-state index is -0.456. The highest BCUT2D eigenvalue weighted by atomic mass is 79.9. The molecule has 7 nitrogen and oxygen atoms in total. The Hall–Kier alpha value is -2.22. The van der Waals surface area contributed by atoms with Crippen LogP contribution in [0.3, 0.4) is 0 Å². The molecule has 0 atom stereocenters. The molecule has 1 aromatic heterocycles. The lowest BCUT2D eigenvalue weighted by Crippen LogP contribution is -2.22. The van der Waals surface area contributed by atoms with Crippen LogP contribution in [-0.2, 0) is 19.4 Å². The third kappa shape index (κ3) is 3.76. The fourth-order valence-electron chi connectivity index (χ4n) is 2.45. The zero-order valence-corrected chi connectivity index (χ0v) is 14.4. The van der Waals surface area contributed by atoms with E-state index in [-0.39, 0.29) is 17.8 Å². The Balaban J connectivity index is 2.35. The van der Waals surface area contributed by atoms with Crippen LogP contribution >= 0.6 is 15.9 Å². The van der Waals surface area contributed by atoms with Gasteiger partial charge in [0.05, 0.1) is 10.6 Å². The molecule has 0 amide bonds. The van der Waals surface area contributed by atoms with Gasteiger partial charge in [0.2, 0.25) is 0 Å². The number of hydrogen-bond acceptors (Lipinski definition) is 5. The van der Waals surface area contributed by atoms with Crippen LogP contribution in [0.1, 0.15) is 30.7 Å². The summed E-state index contributed by atoms with van der Waals surface area (Å²) in [6, 6.07) is 4.76. The zero-order chi connectivity index (χ0) is 17.0. The predicted molar refractivity (Wildman–Crippen MR) is 91.7 cm³/mol. The first-order valence-corrected chi connectivity index (χ1v) is 8.04. The number of H-pyrrole nitrogens is 1. The molecule has 122 valence electrons. The average Bonchev–Trinajstić information content (AvgIpc) is 2.54. The predicted octanol–water partition coefficient (Wildman–Crippen LogP) is 3.18. The maximum Gasteiger partial charge on any atom is 0.293 e.